The summed E-state index contributed by atoms with van der Waals surface area (Å²) in [5, 5.41) is 3.57. The molecule has 2 aromatic rings. The average Bonchev–Trinajstić information content (AvgIpc) is 2.31. The van der Waals surface area contributed by atoms with Crippen LogP contribution in [0.2, 0.25) is 5.15 Å². The molecule has 1 heterocycles. The van der Waals surface area contributed by atoms with Crippen molar-refractivity contribution in [2.24, 2.45) is 0 Å². The van der Waals surface area contributed by atoms with Crippen LogP contribution in [0.5, 0.6) is 0 Å². The Morgan fingerprint density at radius 3 is 2.71 bits per heavy atom. The third-order valence-electron chi connectivity index (χ3n) is 2.19. The first-order chi connectivity index (χ1) is 8.09. The van der Waals surface area contributed by atoms with E-state index in [9.17, 15) is 0 Å². The molecule has 0 aliphatic rings. The molecule has 0 fully saturated rings. The van der Waals surface area contributed by atoms with Crippen molar-refractivity contribution in [1.29, 1.82) is 0 Å². The van der Waals surface area contributed by atoms with Crippen LogP contribution in [0.1, 0.15) is 5.56 Å². The van der Waals surface area contributed by atoms with Crippen LogP contribution in [0, 0.1) is 6.92 Å². The summed E-state index contributed by atoms with van der Waals surface area (Å²) in [5.74, 6) is 0.635. The van der Waals surface area contributed by atoms with E-state index in [4.69, 9.17) is 11.6 Å². The van der Waals surface area contributed by atoms with Crippen LogP contribution in [-0.2, 0) is 0 Å². The molecule has 0 saturated carbocycles. The Kier molecular flexibility index (Phi) is 4.01. The van der Waals surface area contributed by atoms with Gasteiger partial charge in [-0.25, -0.2) is 9.97 Å². The SMILES string of the molecule is Cc1cccc(Nc2ncnc(Cl)c2Br)c1Br. The number of aromatic nitrogens is 2. The van der Waals surface area contributed by atoms with E-state index in [1.54, 1.807) is 0 Å². The van der Waals surface area contributed by atoms with E-state index in [0.29, 0.717) is 15.4 Å². The third kappa shape index (κ3) is 2.78. The van der Waals surface area contributed by atoms with E-state index >= 15 is 0 Å². The van der Waals surface area contributed by atoms with Crippen molar-refractivity contribution in [2.45, 2.75) is 6.92 Å². The number of halogens is 3. The molecule has 0 unspecified atom stereocenters. The first kappa shape index (κ1) is 12.8. The summed E-state index contributed by atoms with van der Waals surface area (Å²) in [5.41, 5.74) is 2.08. The van der Waals surface area contributed by atoms with Gasteiger partial charge in [-0.05, 0) is 50.4 Å². The van der Waals surface area contributed by atoms with Gasteiger partial charge in [0.15, 0.2) is 0 Å². The molecule has 17 heavy (non-hydrogen) atoms. The van der Waals surface area contributed by atoms with Crippen LogP contribution in [0.3, 0.4) is 0 Å². The highest BCUT2D eigenvalue weighted by atomic mass is 79.9. The topological polar surface area (TPSA) is 37.8 Å². The maximum absolute atomic E-state index is 5.90. The Balaban J connectivity index is 2.38. The highest BCUT2D eigenvalue weighted by Crippen LogP contribution is 2.32. The predicted octanol–water partition coefficient (Wildman–Crippen LogP) is 4.71. The largest absolute Gasteiger partial charge is 0.338 e. The van der Waals surface area contributed by atoms with Crippen molar-refractivity contribution < 1.29 is 0 Å². The van der Waals surface area contributed by atoms with E-state index < -0.39 is 0 Å². The lowest BCUT2D eigenvalue weighted by molar-refractivity contribution is 1.15. The second-order valence-corrected chi connectivity index (χ2v) is 5.33. The van der Waals surface area contributed by atoms with Crippen LogP contribution >= 0.6 is 43.5 Å². The Labute approximate surface area is 121 Å². The Morgan fingerprint density at radius 1 is 1.18 bits per heavy atom. The molecule has 0 spiro atoms. The fraction of sp³-hybridized carbons (Fsp3) is 0.0909. The summed E-state index contributed by atoms with van der Waals surface area (Å²) in [6.07, 6.45) is 1.42. The molecule has 0 aliphatic carbocycles. The molecular weight excluding hydrogens is 369 g/mol. The van der Waals surface area contributed by atoms with Gasteiger partial charge >= 0.3 is 0 Å². The van der Waals surface area contributed by atoms with Crippen molar-refractivity contribution in [2.75, 3.05) is 5.32 Å². The molecule has 2 rings (SSSR count). The van der Waals surface area contributed by atoms with Gasteiger partial charge in [0, 0.05) is 4.47 Å². The van der Waals surface area contributed by atoms with E-state index in [1.807, 2.05) is 25.1 Å². The lowest BCUT2D eigenvalue weighted by atomic mass is 10.2. The molecule has 0 saturated heterocycles. The van der Waals surface area contributed by atoms with Crippen molar-refractivity contribution >= 4 is 55.0 Å². The van der Waals surface area contributed by atoms with E-state index in [0.717, 1.165) is 15.7 Å². The quantitative estimate of drug-likeness (QED) is 0.771. The van der Waals surface area contributed by atoms with Gasteiger partial charge in [0.05, 0.1) is 10.2 Å². The summed E-state index contributed by atoms with van der Waals surface area (Å²) in [6.45, 7) is 2.03. The molecule has 88 valence electrons. The third-order valence-corrected chi connectivity index (χ3v) is 4.51. The Hall–Kier alpha value is -0.650. The standard InChI is InChI=1S/C11H8Br2ClN3/c1-6-3-2-4-7(8(6)12)17-11-9(13)10(14)15-5-16-11/h2-5H,1H3,(H,15,16,17). The molecular formula is C11H8Br2ClN3. The molecule has 0 atom stereocenters. The second-order valence-electron chi connectivity index (χ2n) is 3.39. The zero-order chi connectivity index (χ0) is 12.4. The van der Waals surface area contributed by atoms with Gasteiger partial charge in [-0.2, -0.15) is 0 Å². The molecule has 1 N–H and O–H groups in total. The predicted molar refractivity (Wildman–Crippen MR) is 76.9 cm³/mol. The monoisotopic (exact) mass is 375 g/mol. The van der Waals surface area contributed by atoms with Gasteiger partial charge in [-0.3, -0.25) is 0 Å². The van der Waals surface area contributed by atoms with Crippen molar-refractivity contribution in [3.8, 4) is 0 Å². The van der Waals surface area contributed by atoms with Gasteiger partial charge in [0.25, 0.3) is 0 Å². The minimum atomic E-state index is 0.381. The molecule has 6 heteroatoms. The summed E-state index contributed by atoms with van der Waals surface area (Å²) in [6, 6.07) is 5.95. The van der Waals surface area contributed by atoms with E-state index in [-0.39, 0.29) is 0 Å². The number of aryl methyl sites for hydroxylation is 1. The van der Waals surface area contributed by atoms with Crippen LogP contribution in [0.4, 0.5) is 11.5 Å². The molecule has 1 aromatic heterocycles. The van der Waals surface area contributed by atoms with E-state index in [2.05, 4.69) is 47.1 Å². The van der Waals surface area contributed by atoms with Crippen molar-refractivity contribution in [1.82, 2.24) is 9.97 Å². The smallest absolute Gasteiger partial charge is 0.149 e. The van der Waals surface area contributed by atoms with Crippen molar-refractivity contribution in [3.05, 3.63) is 44.2 Å². The summed E-state index contributed by atoms with van der Waals surface area (Å²) in [4.78, 5) is 8.01. The normalized spacial score (nSPS) is 10.4. The Morgan fingerprint density at radius 2 is 1.94 bits per heavy atom. The van der Waals surface area contributed by atoms with E-state index in [1.165, 1.54) is 6.33 Å². The minimum absolute atomic E-state index is 0.381. The molecule has 0 radical (unpaired) electrons. The lowest BCUT2D eigenvalue weighted by Gasteiger charge is -2.10. The molecule has 0 aliphatic heterocycles. The fourth-order valence-electron chi connectivity index (χ4n) is 1.31. The number of anilines is 2. The van der Waals surface area contributed by atoms with Gasteiger partial charge in [-0.15, -0.1) is 0 Å². The maximum atomic E-state index is 5.90. The molecule has 0 amide bonds. The number of nitrogens with one attached hydrogen (secondary N) is 1. The zero-order valence-electron chi connectivity index (χ0n) is 8.84. The van der Waals surface area contributed by atoms with Crippen LogP contribution in [0.15, 0.2) is 33.5 Å². The summed E-state index contributed by atoms with van der Waals surface area (Å²) < 4.78 is 1.65. The van der Waals surface area contributed by atoms with Gasteiger partial charge in [-0.1, -0.05) is 23.7 Å². The first-order valence-electron chi connectivity index (χ1n) is 4.77. The highest BCUT2D eigenvalue weighted by molar-refractivity contribution is 9.11. The van der Waals surface area contributed by atoms with Gasteiger partial charge in [0.2, 0.25) is 0 Å². The van der Waals surface area contributed by atoms with Crippen LogP contribution in [0.25, 0.3) is 0 Å². The number of benzene rings is 1. The molecule has 3 nitrogen and oxygen atoms in total. The Bertz CT molecular complexity index is 511. The number of rotatable bonds is 2. The zero-order valence-corrected chi connectivity index (χ0v) is 12.8. The molecule has 0 bridgehead atoms. The fourth-order valence-corrected chi connectivity index (χ4v) is 2.11. The van der Waals surface area contributed by atoms with Crippen LogP contribution < -0.4 is 5.32 Å². The first-order valence-corrected chi connectivity index (χ1v) is 6.74. The summed E-state index contributed by atoms with van der Waals surface area (Å²) >= 11 is 12.8. The average molecular weight is 377 g/mol. The van der Waals surface area contributed by atoms with Crippen LogP contribution in [-0.4, -0.2) is 9.97 Å². The second kappa shape index (κ2) is 5.33. The highest BCUT2D eigenvalue weighted by Gasteiger charge is 2.09. The maximum Gasteiger partial charge on any atom is 0.149 e. The summed E-state index contributed by atoms with van der Waals surface area (Å²) in [7, 11) is 0. The van der Waals surface area contributed by atoms with Gasteiger partial charge in [0.1, 0.15) is 17.3 Å². The van der Waals surface area contributed by atoms with Crippen molar-refractivity contribution in [3.63, 3.8) is 0 Å². The number of hydrogen-bond acceptors (Lipinski definition) is 3. The molecule has 1 aromatic carbocycles. The van der Waals surface area contributed by atoms with Gasteiger partial charge < -0.3 is 5.32 Å². The minimum Gasteiger partial charge on any atom is -0.338 e. The lowest BCUT2D eigenvalue weighted by Crippen LogP contribution is -1.97. The number of nitrogens with zero attached hydrogens (tertiary/aromatic N) is 2. The number of hydrogen-bond donors (Lipinski definition) is 1.